The number of aryl methyl sites for hydroxylation is 1. The van der Waals surface area contributed by atoms with Gasteiger partial charge in [0.1, 0.15) is 6.07 Å². The average Bonchev–Trinajstić information content (AvgIpc) is 2.46. The van der Waals surface area contributed by atoms with Crippen LogP contribution >= 0.6 is 0 Å². The van der Waals surface area contributed by atoms with Crippen molar-refractivity contribution in [1.82, 2.24) is 9.97 Å². The Hall–Kier alpha value is -3.01. The summed E-state index contributed by atoms with van der Waals surface area (Å²) in [6.45, 7) is 2.23. The molecule has 0 bridgehead atoms. The first-order chi connectivity index (χ1) is 9.60. The zero-order valence-electron chi connectivity index (χ0n) is 10.7. The minimum atomic E-state index is -0.532. The van der Waals surface area contributed by atoms with Gasteiger partial charge in [-0.15, -0.1) is 0 Å². The van der Waals surface area contributed by atoms with E-state index in [1.54, 1.807) is 12.4 Å². The van der Waals surface area contributed by atoms with E-state index >= 15 is 0 Å². The van der Waals surface area contributed by atoms with E-state index in [0.717, 1.165) is 11.4 Å². The molecular formula is C13H11N5O2. The molecule has 0 saturated carbocycles. The number of benzene rings is 1. The lowest BCUT2D eigenvalue weighted by Gasteiger charge is -2.07. The second kappa shape index (κ2) is 5.75. The Labute approximate surface area is 115 Å². The summed E-state index contributed by atoms with van der Waals surface area (Å²) in [6.07, 6.45) is 3.29. The highest BCUT2D eigenvalue weighted by molar-refractivity contribution is 5.61. The molecule has 1 heterocycles. The summed E-state index contributed by atoms with van der Waals surface area (Å²) in [5, 5.41) is 22.7. The van der Waals surface area contributed by atoms with Gasteiger partial charge < -0.3 is 5.32 Å². The van der Waals surface area contributed by atoms with Crippen LogP contribution in [0.4, 0.5) is 11.4 Å². The number of hydrogen-bond acceptors (Lipinski definition) is 6. The Morgan fingerprint density at radius 3 is 2.80 bits per heavy atom. The lowest BCUT2D eigenvalue weighted by molar-refractivity contribution is -0.384. The Morgan fingerprint density at radius 1 is 1.40 bits per heavy atom. The third-order valence-electron chi connectivity index (χ3n) is 2.63. The van der Waals surface area contributed by atoms with E-state index in [1.807, 2.05) is 13.0 Å². The molecule has 2 rings (SSSR count). The molecule has 0 saturated heterocycles. The quantitative estimate of drug-likeness (QED) is 0.673. The van der Waals surface area contributed by atoms with E-state index in [1.165, 1.54) is 18.2 Å². The lowest BCUT2D eigenvalue weighted by Crippen LogP contribution is -2.04. The van der Waals surface area contributed by atoms with Crippen LogP contribution in [0.2, 0.25) is 0 Å². The van der Waals surface area contributed by atoms with Gasteiger partial charge in [-0.3, -0.25) is 20.1 Å². The molecule has 0 amide bonds. The number of nitro benzene ring substituents is 1. The van der Waals surface area contributed by atoms with E-state index in [4.69, 9.17) is 5.26 Å². The summed E-state index contributed by atoms with van der Waals surface area (Å²) in [5.74, 6) is 0. The first kappa shape index (κ1) is 13.4. The third kappa shape index (κ3) is 3.05. The minimum Gasteiger partial charge on any atom is -0.378 e. The van der Waals surface area contributed by atoms with Gasteiger partial charge in [-0.2, -0.15) is 5.26 Å². The fraction of sp³-hybridized carbons (Fsp3) is 0.154. The maximum Gasteiger partial charge on any atom is 0.270 e. The molecule has 1 aromatic heterocycles. The zero-order chi connectivity index (χ0) is 14.5. The number of anilines is 1. The SMILES string of the molecule is Cc1cnc(CNc2ccc([N+](=O)[O-])cc2C#N)cn1. The number of rotatable bonds is 4. The number of nitriles is 1. The average molecular weight is 269 g/mol. The summed E-state index contributed by atoms with van der Waals surface area (Å²) in [7, 11) is 0. The van der Waals surface area contributed by atoms with Gasteiger partial charge in [0.25, 0.3) is 5.69 Å². The summed E-state index contributed by atoms with van der Waals surface area (Å²) in [4.78, 5) is 18.4. The molecule has 0 unspecified atom stereocenters. The summed E-state index contributed by atoms with van der Waals surface area (Å²) in [5.41, 5.74) is 2.18. The number of nitro groups is 1. The highest BCUT2D eigenvalue weighted by Gasteiger charge is 2.10. The number of hydrogen-bond donors (Lipinski definition) is 1. The van der Waals surface area contributed by atoms with Crippen molar-refractivity contribution in [3.63, 3.8) is 0 Å². The molecule has 20 heavy (non-hydrogen) atoms. The highest BCUT2D eigenvalue weighted by atomic mass is 16.6. The van der Waals surface area contributed by atoms with Crippen LogP contribution in [0.3, 0.4) is 0 Å². The van der Waals surface area contributed by atoms with Gasteiger partial charge in [0.05, 0.1) is 40.3 Å². The van der Waals surface area contributed by atoms with Crippen molar-refractivity contribution >= 4 is 11.4 Å². The van der Waals surface area contributed by atoms with Crippen LogP contribution in [0.15, 0.2) is 30.6 Å². The molecule has 0 spiro atoms. The molecule has 7 heteroatoms. The third-order valence-corrected chi connectivity index (χ3v) is 2.63. The predicted octanol–water partition coefficient (Wildman–Crippen LogP) is 2.18. The molecule has 0 aliphatic carbocycles. The lowest BCUT2D eigenvalue weighted by atomic mass is 10.1. The normalized spacial score (nSPS) is 9.80. The smallest absolute Gasteiger partial charge is 0.270 e. The summed E-state index contributed by atoms with van der Waals surface area (Å²) >= 11 is 0. The van der Waals surface area contributed by atoms with Gasteiger partial charge in [0.2, 0.25) is 0 Å². The molecule has 1 aromatic carbocycles. The van der Waals surface area contributed by atoms with Crippen molar-refractivity contribution in [2.24, 2.45) is 0 Å². The van der Waals surface area contributed by atoms with Gasteiger partial charge in [-0.05, 0) is 13.0 Å². The van der Waals surface area contributed by atoms with Crippen molar-refractivity contribution in [3.05, 3.63) is 57.7 Å². The number of nitrogens with zero attached hydrogens (tertiary/aromatic N) is 4. The van der Waals surface area contributed by atoms with Crippen molar-refractivity contribution in [2.45, 2.75) is 13.5 Å². The van der Waals surface area contributed by atoms with Crippen LogP contribution in [-0.4, -0.2) is 14.9 Å². The molecule has 0 aliphatic heterocycles. The maximum absolute atomic E-state index is 10.6. The predicted molar refractivity (Wildman–Crippen MR) is 71.9 cm³/mol. The fourth-order valence-electron chi connectivity index (χ4n) is 1.59. The van der Waals surface area contributed by atoms with Crippen LogP contribution in [0, 0.1) is 28.4 Å². The van der Waals surface area contributed by atoms with Crippen LogP contribution in [0.1, 0.15) is 17.0 Å². The molecule has 0 atom stereocenters. The summed E-state index contributed by atoms with van der Waals surface area (Å²) in [6, 6.07) is 6.04. The standard InChI is InChI=1S/C13H11N5O2/c1-9-6-16-11(7-15-9)8-17-13-3-2-12(18(19)20)4-10(13)5-14/h2-4,6-7,17H,8H2,1H3. The van der Waals surface area contributed by atoms with Crippen LogP contribution in [0.5, 0.6) is 0 Å². The first-order valence-electron chi connectivity index (χ1n) is 5.80. The van der Waals surface area contributed by atoms with Gasteiger partial charge in [0, 0.05) is 18.3 Å². The Kier molecular flexibility index (Phi) is 3.86. The second-order valence-corrected chi connectivity index (χ2v) is 4.10. The number of nitrogens with one attached hydrogen (secondary N) is 1. The van der Waals surface area contributed by atoms with E-state index < -0.39 is 4.92 Å². The fourth-order valence-corrected chi connectivity index (χ4v) is 1.59. The molecule has 1 N–H and O–H groups in total. The maximum atomic E-state index is 10.6. The van der Waals surface area contributed by atoms with E-state index in [9.17, 15) is 10.1 Å². The van der Waals surface area contributed by atoms with Gasteiger partial charge in [-0.1, -0.05) is 0 Å². The van der Waals surface area contributed by atoms with Crippen molar-refractivity contribution in [3.8, 4) is 6.07 Å². The van der Waals surface area contributed by atoms with E-state index in [-0.39, 0.29) is 11.3 Å². The van der Waals surface area contributed by atoms with E-state index in [0.29, 0.717) is 12.2 Å². The monoisotopic (exact) mass is 269 g/mol. The molecule has 100 valence electrons. The largest absolute Gasteiger partial charge is 0.378 e. The van der Waals surface area contributed by atoms with Crippen molar-refractivity contribution < 1.29 is 4.92 Å². The molecule has 2 aromatic rings. The topological polar surface area (TPSA) is 105 Å². The highest BCUT2D eigenvalue weighted by Crippen LogP contribution is 2.21. The van der Waals surface area contributed by atoms with Crippen molar-refractivity contribution in [1.29, 1.82) is 5.26 Å². The second-order valence-electron chi connectivity index (χ2n) is 4.10. The molecule has 0 fully saturated rings. The Balaban J connectivity index is 2.15. The van der Waals surface area contributed by atoms with Crippen LogP contribution in [0.25, 0.3) is 0 Å². The molecule has 0 radical (unpaired) electrons. The number of non-ortho nitro benzene ring substituents is 1. The number of aromatic nitrogens is 2. The van der Waals surface area contributed by atoms with E-state index in [2.05, 4.69) is 15.3 Å². The molecular weight excluding hydrogens is 258 g/mol. The minimum absolute atomic E-state index is 0.109. The molecule has 7 nitrogen and oxygen atoms in total. The Bertz CT molecular complexity index is 676. The van der Waals surface area contributed by atoms with Crippen LogP contribution < -0.4 is 5.32 Å². The van der Waals surface area contributed by atoms with Crippen LogP contribution in [-0.2, 0) is 6.54 Å². The Morgan fingerprint density at radius 2 is 2.20 bits per heavy atom. The summed E-state index contributed by atoms with van der Waals surface area (Å²) < 4.78 is 0. The van der Waals surface area contributed by atoms with Crippen molar-refractivity contribution in [2.75, 3.05) is 5.32 Å². The van der Waals surface area contributed by atoms with Gasteiger partial charge in [-0.25, -0.2) is 0 Å². The first-order valence-corrected chi connectivity index (χ1v) is 5.80. The van der Waals surface area contributed by atoms with Gasteiger partial charge in [0.15, 0.2) is 0 Å². The zero-order valence-corrected chi connectivity index (χ0v) is 10.7. The molecule has 0 aliphatic rings. The van der Waals surface area contributed by atoms with Gasteiger partial charge >= 0.3 is 0 Å².